The van der Waals surface area contributed by atoms with Gasteiger partial charge in [0.2, 0.25) is 4.34 Å². The van der Waals surface area contributed by atoms with Crippen LogP contribution in [0.2, 0.25) is 0 Å². The third kappa shape index (κ3) is 4.44. The van der Waals surface area contributed by atoms with Gasteiger partial charge in [0.15, 0.2) is 5.82 Å². The standard InChI is InChI=1S/C23H18N6O2S2/c24-33(30,31)23-28-19(14-32-23)21-27-18-11-6-10-17(15-7-2-1-3-8-15)20(18)22(29-21)26-13-16-9-4-5-12-25-16/h1-12,14H,13H2,(H2,24,30,31)(H,26,27,29). The fraction of sp³-hybridized carbons (Fsp3) is 0.0435. The number of nitrogens with one attached hydrogen (secondary N) is 1. The normalized spacial score (nSPS) is 11.5. The SMILES string of the molecule is NS(=O)(=O)c1nc(-c2nc(NCc3ccccn3)c3c(-c4ccccc4)cccc3n2)cs1. The molecule has 0 aliphatic heterocycles. The summed E-state index contributed by atoms with van der Waals surface area (Å²) >= 11 is 0.938. The van der Waals surface area contributed by atoms with Crippen LogP contribution in [0.15, 0.2) is 82.6 Å². The third-order valence-electron chi connectivity index (χ3n) is 4.93. The van der Waals surface area contributed by atoms with Gasteiger partial charge >= 0.3 is 0 Å². The topological polar surface area (TPSA) is 124 Å². The molecular formula is C23H18N6O2S2. The van der Waals surface area contributed by atoms with Crippen LogP contribution >= 0.6 is 11.3 Å². The summed E-state index contributed by atoms with van der Waals surface area (Å²) in [4.78, 5) is 17.9. The number of benzene rings is 2. The van der Waals surface area contributed by atoms with E-state index in [-0.39, 0.29) is 4.34 Å². The number of sulfonamides is 1. The maximum atomic E-state index is 11.7. The van der Waals surface area contributed by atoms with Crippen LogP contribution in [0.25, 0.3) is 33.5 Å². The Morgan fingerprint density at radius 1 is 0.909 bits per heavy atom. The van der Waals surface area contributed by atoms with Crippen molar-refractivity contribution in [3.63, 3.8) is 0 Å². The average molecular weight is 475 g/mol. The number of thiazole rings is 1. The fourth-order valence-corrected chi connectivity index (χ4v) is 4.88. The Bertz CT molecular complexity index is 1540. The minimum Gasteiger partial charge on any atom is -0.364 e. The van der Waals surface area contributed by atoms with Gasteiger partial charge in [0.25, 0.3) is 10.0 Å². The van der Waals surface area contributed by atoms with E-state index in [1.165, 1.54) is 0 Å². The van der Waals surface area contributed by atoms with Crippen LogP contribution in [0.5, 0.6) is 0 Å². The molecule has 2 aromatic carbocycles. The molecule has 0 aliphatic rings. The molecule has 0 saturated heterocycles. The molecule has 0 spiro atoms. The second-order valence-corrected chi connectivity index (χ2v) is 9.77. The molecule has 0 bridgehead atoms. The van der Waals surface area contributed by atoms with E-state index in [0.717, 1.165) is 33.5 Å². The summed E-state index contributed by atoms with van der Waals surface area (Å²) in [5.74, 6) is 0.910. The van der Waals surface area contributed by atoms with Crippen LogP contribution in [0.4, 0.5) is 5.82 Å². The van der Waals surface area contributed by atoms with Gasteiger partial charge in [-0.15, -0.1) is 11.3 Å². The van der Waals surface area contributed by atoms with Crippen LogP contribution in [0, 0.1) is 0 Å². The summed E-state index contributed by atoms with van der Waals surface area (Å²) in [6, 6.07) is 21.6. The Morgan fingerprint density at radius 3 is 2.45 bits per heavy atom. The van der Waals surface area contributed by atoms with Crippen LogP contribution in [-0.2, 0) is 16.6 Å². The van der Waals surface area contributed by atoms with Gasteiger partial charge in [0.05, 0.1) is 23.1 Å². The molecule has 5 aromatic rings. The lowest BCUT2D eigenvalue weighted by atomic mass is 10.0. The summed E-state index contributed by atoms with van der Waals surface area (Å²) in [5.41, 5.74) is 3.91. The molecule has 164 valence electrons. The Hall–Kier alpha value is -3.73. The first kappa shape index (κ1) is 21.1. The highest BCUT2D eigenvalue weighted by Crippen LogP contribution is 2.34. The monoisotopic (exact) mass is 474 g/mol. The number of nitrogens with two attached hydrogens (primary N) is 1. The molecule has 10 heteroatoms. The molecule has 3 heterocycles. The largest absolute Gasteiger partial charge is 0.364 e. The van der Waals surface area contributed by atoms with E-state index in [1.54, 1.807) is 11.6 Å². The van der Waals surface area contributed by atoms with E-state index in [0.29, 0.717) is 29.4 Å². The van der Waals surface area contributed by atoms with Gasteiger partial charge in [0, 0.05) is 11.6 Å². The quantitative estimate of drug-likeness (QED) is 0.380. The highest BCUT2D eigenvalue weighted by atomic mass is 32.2. The lowest BCUT2D eigenvalue weighted by Crippen LogP contribution is -2.11. The Morgan fingerprint density at radius 2 is 1.73 bits per heavy atom. The van der Waals surface area contributed by atoms with Crippen LogP contribution in [0.3, 0.4) is 0 Å². The van der Waals surface area contributed by atoms with Crippen molar-refractivity contribution < 1.29 is 8.42 Å². The molecule has 0 radical (unpaired) electrons. The number of primary sulfonamides is 1. The second kappa shape index (κ2) is 8.66. The summed E-state index contributed by atoms with van der Waals surface area (Å²) < 4.78 is 23.2. The van der Waals surface area contributed by atoms with Gasteiger partial charge in [-0.05, 0) is 29.3 Å². The fourth-order valence-electron chi connectivity index (χ4n) is 3.45. The molecule has 0 unspecified atom stereocenters. The van der Waals surface area contributed by atoms with Crippen LogP contribution < -0.4 is 10.5 Å². The number of aromatic nitrogens is 4. The molecule has 33 heavy (non-hydrogen) atoms. The van der Waals surface area contributed by atoms with E-state index in [2.05, 4.69) is 20.3 Å². The first-order valence-corrected chi connectivity index (χ1v) is 12.4. The Labute approximate surface area is 194 Å². The molecule has 0 aliphatic carbocycles. The lowest BCUT2D eigenvalue weighted by molar-refractivity contribution is 0.597. The lowest BCUT2D eigenvalue weighted by Gasteiger charge is -2.14. The summed E-state index contributed by atoms with van der Waals surface area (Å²) in [6.45, 7) is 0.453. The predicted molar refractivity (Wildman–Crippen MR) is 129 cm³/mol. The zero-order chi connectivity index (χ0) is 22.8. The smallest absolute Gasteiger partial charge is 0.265 e. The van der Waals surface area contributed by atoms with Gasteiger partial charge in [-0.25, -0.2) is 28.5 Å². The van der Waals surface area contributed by atoms with Gasteiger partial charge in [0.1, 0.15) is 11.5 Å². The molecule has 0 fully saturated rings. The molecule has 5 rings (SSSR count). The number of rotatable bonds is 6. The number of nitrogens with zero attached hydrogens (tertiary/aromatic N) is 4. The molecule has 3 aromatic heterocycles. The van der Waals surface area contributed by atoms with Crippen molar-refractivity contribution in [2.45, 2.75) is 10.9 Å². The number of fused-ring (bicyclic) bond motifs is 1. The first-order chi connectivity index (χ1) is 16.0. The third-order valence-corrected chi connectivity index (χ3v) is 7.12. The number of anilines is 1. The summed E-state index contributed by atoms with van der Waals surface area (Å²) in [7, 11) is -3.90. The Kier molecular flexibility index (Phi) is 5.55. The van der Waals surface area contributed by atoms with Gasteiger partial charge in [-0.3, -0.25) is 4.98 Å². The zero-order valence-corrected chi connectivity index (χ0v) is 18.8. The maximum absolute atomic E-state index is 11.7. The minimum absolute atomic E-state index is 0.178. The zero-order valence-electron chi connectivity index (χ0n) is 17.2. The van der Waals surface area contributed by atoms with Gasteiger partial charge < -0.3 is 5.32 Å². The molecule has 3 N–H and O–H groups in total. The van der Waals surface area contributed by atoms with Gasteiger partial charge in [-0.2, -0.15) is 0 Å². The highest BCUT2D eigenvalue weighted by molar-refractivity contribution is 7.91. The molecule has 8 nitrogen and oxygen atoms in total. The van der Waals surface area contributed by atoms with Crippen molar-refractivity contribution in [1.29, 1.82) is 0 Å². The van der Waals surface area contributed by atoms with E-state index in [4.69, 9.17) is 10.1 Å². The van der Waals surface area contributed by atoms with E-state index < -0.39 is 10.0 Å². The second-order valence-electron chi connectivity index (χ2n) is 7.18. The van der Waals surface area contributed by atoms with Crippen molar-refractivity contribution >= 4 is 38.1 Å². The first-order valence-electron chi connectivity index (χ1n) is 9.98. The van der Waals surface area contributed by atoms with Crippen LogP contribution in [0.1, 0.15) is 5.69 Å². The Balaban J connectivity index is 1.67. The average Bonchev–Trinajstić information content (AvgIpc) is 3.34. The molecule has 0 amide bonds. The van der Waals surface area contributed by atoms with E-state index in [9.17, 15) is 8.42 Å². The molecule has 0 saturated carbocycles. The number of pyridine rings is 1. The minimum atomic E-state index is -3.90. The highest BCUT2D eigenvalue weighted by Gasteiger charge is 2.19. The van der Waals surface area contributed by atoms with Crippen molar-refractivity contribution in [3.05, 3.63) is 84.0 Å². The predicted octanol–water partition coefficient (Wildman–Crippen LogP) is 4.07. The van der Waals surface area contributed by atoms with Gasteiger partial charge in [-0.1, -0.05) is 48.5 Å². The molecular weight excluding hydrogens is 456 g/mol. The maximum Gasteiger partial charge on any atom is 0.265 e. The summed E-state index contributed by atoms with van der Waals surface area (Å²) in [5, 5.41) is 11.0. The van der Waals surface area contributed by atoms with Crippen molar-refractivity contribution in [2.24, 2.45) is 5.14 Å². The molecule has 0 atom stereocenters. The van der Waals surface area contributed by atoms with Crippen LogP contribution in [-0.4, -0.2) is 28.4 Å². The number of hydrogen-bond acceptors (Lipinski definition) is 8. The number of hydrogen-bond donors (Lipinski definition) is 2. The van der Waals surface area contributed by atoms with E-state index >= 15 is 0 Å². The summed E-state index contributed by atoms with van der Waals surface area (Å²) in [6.07, 6.45) is 1.74. The van der Waals surface area contributed by atoms with Crippen molar-refractivity contribution in [1.82, 2.24) is 19.9 Å². The van der Waals surface area contributed by atoms with Crippen molar-refractivity contribution in [3.8, 4) is 22.6 Å². The van der Waals surface area contributed by atoms with Crippen molar-refractivity contribution in [2.75, 3.05) is 5.32 Å². The van der Waals surface area contributed by atoms with E-state index in [1.807, 2.05) is 66.7 Å².